The molecule has 0 aromatic carbocycles. The lowest BCUT2D eigenvalue weighted by Gasteiger charge is -2.52. The number of rotatable bonds is 0. The van der Waals surface area contributed by atoms with Crippen LogP contribution in [0.1, 0.15) is 52.9 Å². The lowest BCUT2D eigenvalue weighted by atomic mass is 9.76. The third-order valence-electron chi connectivity index (χ3n) is 4.56. The molecule has 16 heavy (non-hydrogen) atoms. The van der Waals surface area contributed by atoms with Crippen molar-refractivity contribution in [2.24, 2.45) is 5.41 Å². The molecule has 2 heteroatoms. The Morgan fingerprint density at radius 3 is 2.25 bits per heavy atom. The molecule has 1 N–H and O–H groups in total. The molecule has 2 aliphatic rings. The van der Waals surface area contributed by atoms with E-state index in [0.717, 1.165) is 0 Å². The van der Waals surface area contributed by atoms with Gasteiger partial charge in [-0.2, -0.15) is 0 Å². The smallest absolute Gasteiger partial charge is 0.0309 e. The summed E-state index contributed by atoms with van der Waals surface area (Å²) in [4.78, 5) is 2.60. The van der Waals surface area contributed by atoms with Crippen molar-refractivity contribution in [1.29, 1.82) is 0 Å². The SMILES string of the molecule is CN1CC2(CCCCC2)NCC1C(C)(C)C. The van der Waals surface area contributed by atoms with Crippen LogP contribution in [0.25, 0.3) is 0 Å². The van der Waals surface area contributed by atoms with E-state index in [4.69, 9.17) is 0 Å². The second-order valence-electron chi connectivity index (χ2n) is 7.02. The van der Waals surface area contributed by atoms with Gasteiger partial charge in [0.15, 0.2) is 0 Å². The van der Waals surface area contributed by atoms with Crippen molar-refractivity contribution >= 4 is 0 Å². The van der Waals surface area contributed by atoms with Gasteiger partial charge in [-0.15, -0.1) is 0 Å². The third-order valence-corrected chi connectivity index (χ3v) is 4.56. The van der Waals surface area contributed by atoms with Crippen LogP contribution in [0, 0.1) is 5.41 Å². The molecule has 0 aromatic rings. The van der Waals surface area contributed by atoms with Gasteiger partial charge >= 0.3 is 0 Å². The maximum absolute atomic E-state index is 3.88. The highest BCUT2D eigenvalue weighted by molar-refractivity contribution is 5.01. The summed E-state index contributed by atoms with van der Waals surface area (Å²) < 4.78 is 0. The first-order valence-electron chi connectivity index (χ1n) is 6.88. The van der Waals surface area contributed by atoms with E-state index in [-0.39, 0.29) is 0 Å². The average molecular weight is 224 g/mol. The number of nitrogens with one attached hydrogen (secondary N) is 1. The lowest BCUT2D eigenvalue weighted by molar-refractivity contribution is 0.0266. The van der Waals surface area contributed by atoms with Crippen LogP contribution >= 0.6 is 0 Å². The Balaban J connectivity index is 2.01. The monoisotopic (exact) mass is 224 g/mol. The van der Waals surface area contributed by atoms with E-state index in [1.807, 2.05) is 0 Å². The zero-order valence-corrected chi connectivity index (χ0v) is 11.5. The van der Waals surface area contributed by atoms with Crippen molar-refractivity contribution in [3.63, 3.8) is 0 Å². The molecule has 94 valence electrons. The molecule has 0 radical (unpaired) electrons. The van der Waals surface area contributed by atoms with E-state index >= 15 is 0 Å². The highest BCUT2D eigenvalue weighted by atomic mass is 15.2. The number of hydrogen-bond acceptors (Lipinski definition) is 2. The second kappa shape index (κ2) is 4.30. The summed E-state index contributed by atoms with van der Waals surface area (Å²) in [6.45, 7) is 9.48. The van der Waals surface area contributed by atoms with Crippen molar-refractivity contribution in [2.75, 3.05) is 20.1 Å². The molecule has 1 unspecified atom stereocenters. The molecule has 2 rings (SSSR count). The minimum atomic E-state index is 0.387. The van der Waals surface area contributed by atoms with Crippen molar-refractivity contribution in [3.05, 3.63) is 0 Å². The van der Waals surface area contributed by atoms with E-state index in [9.17, 15) is 0 Å². The Bertz CT molecular complexity index is 236. The van der Waals surface area contributed by atoms with Gasteiger partial charge in [-0.1, -0.05) is 40.0 Å². The Kier molecular flexibility index (Phi) is 3.33. The Labute approximate surface area is 101 Å². The van der Waals surface area contributed by atoms with Crippen LogP contribution in [0.15, 0.2) is 0 Å². The maximum Gasteiger partial charge on any atom is 0.0309 e. The van der Waals surface area contributed by atoms with Gasteiger partial charge in [0.1, 0.15) is 0 Å². The summed E-state index contributed by atoms with van der Waals surface area (Å²) in [6, 6.07) is 0.681. The summed E-state index contributed by atoms with van der Waals surface area (Å²) in [6.07, 6.45) is 7.04. The Morgan fingerprint density at radius 2 is 1.75 bits per heavy atom. The third kappa shape index (κ3) is 2.43. The fourth-order valence-corrected chi connectivity index (χ4v) is 3.64. The van der Waals surface area contributed by atoms with Crippen LogP contribution in [0.4, 0.5) is 0 Å². The summed E-state index contributed by atoms with van der Waals surface area (Å²) >= 11 is 0. The summed E-state index contributed by atoms with van der Waals surface area (Å²) in [5, 5.41) is 3.88. The maximum atomic E-state index is 3.88. The zero-order chi connectivity index (χ0) is 11.8. The Morgan fingerprint density at radius 1 is 1.12 bits per heavy atom. The Hall–Kier alpha value is -0.0800. The molecule has 1 aliphatic carbocycles. The van der Waals surface area contributed by atoms with Crippen LogP contribution in [-0.4, -0.2) is 36.6 Å². The molecule has 2 fully saturated rings. The van der Waals surface area contributed by atoms with E-state index in [2.05, 4.69) is 38.0 Å². The number of nitrogens with zero attached hydrogens (tertiary/aromatic N) is 1. The summed E-state index contributed by atoms with van der Waals surface area (Å²) in [7, 11) is 2.31. The minimum absolute atomic E-state index is 0.387. The van der Waals surface area contributed by atoms with Gasteiger partial charge in [0.05, 0.1) is 0 Å². The lowest BCUT2D eigenvalue weighted by Crippen LogP contribution is -2.66. The van der Waals surface area contributed by atoms with Gasteiger partial charge in [-0.25, -0.2) is 0 Å². The number of piperazine rings is 1. The largest absolute Gasteiger partial charge is 0.308 e. The minimum Gasteiger partial charge on any atom is -0.308 e. The van der Waals surface area contributed by atoms with Crippen molar-refractivity contribution in [2.45, 2.75) is 64.5 Å². The molecule has 2 nitrogen and oxygen atoms in total. The normalized spacial score (nSPS) is 31.9. The first-order chi connectivity index (χ1) is 7.43. The number of hydrogen-bond donors (Lipinski definition) is 1. The summed E-state index contributed by atoms with van der Waals surface area (Å²) in [5.41, 5.74) is 0.840. The van der Waals surface area contributed by atoms with E-state index < -0.39 is 0 Å². The van der Waals surface area contributed by atoms with Crippen LogP contribution in [-0.2, 0) is 0 Å². The van der Waals surface area contributed by atoms with Crippen molar-refractivity contribution in [1.82, 2.24) is 10.2 Å². The summed E-state index contributed by atoms with van der Waals surface area (Å²) in [5.74, 6) is 0. The fourth-order valence-electron chi connectivity index (χ4n) is 3.64. The molecule has 1 spiro atoms. The van der Waals surface area contributed by atoms with Crippen LogP contribution < -0.4 is 5.32 Å². The zero-order valence-electron chi connectivity index (χ0n) is 11.5. The molecular weight excluding hydrogens is 196 g/mol. The van der Waals surface area contributed by atoms with E-state index in [0.29, 0.717) is 17.0 Å². The fraction of sp³-hybridized carbons (Fsp3) is 1.00. The molecule has 0 bridgehead atoms. The quantitative estimate of drug-likeness (QED) is 0.680. The topological polar surface area (TPSA) is 15.3 Å². The molecule has 1 aliphatic heterocycles. The van der Waals surface area contributed by atoms with Gasteiger partial charge in [-0.3, -0.25) is 4.90 Å². The van der Waals surface area contributed by atoms with Crippen molar-refractivity contribution in [3.8, 4) is 0 Å². The first-order valence-corrected chi connectivity index (χ1v) is 6.88. The molecule has 1 saturated carbocycles. The molecular formula is C14H28N2. The molecule has 0 amide bonds. The predicted octanol–water partition coefficient (Wildman–Crippen LogP) is 2.64. The van der Waals surface area contributed by atoms with Gasteiger partial charge < -0.3 is 5.32 Å². The standard InChI is InChI=1S/C14H28N2/c1-13(2,3)12-10-15-14(11-16(12)4)8-6-5-7-9-14/h12,15H,5-11H2,1-4H3. The number of likely N-dealkylation sites (N-methyl/N-ethyl adjacent to an activating group) is 1. The first kappa shape index (κ1) is 12.4. The molecule has 0 aromatic heterocycles. The van der Waals surface area contributed by atoms with Gasteiger partial charge in [0, 0.05) is 24.7 Å². The van der Waals surface area contributed by atoms with Gasteiger partial charge in [0.25, 0.3) is 0 Å². The van der Waals surface area contributed by atoms with Crippen molar-refractivity contribution < 1.29 is 0 Å². The molecule has 1 atom stereocenters. The highest BCUT2D eigenvalue weighted by Crippen LogP contribution is 2.34. The van der Waals surface area contributed by atoms with Crippen LogP contribution in [0.3, 0.4) is 0 Å². The van der Waals surface area contributed by atoms with Gasteiger partial charge in [0.2, 0.25) is 0 Å². The second-order valence-corrected chi connectivity index (χ2v) is 7.02. The predicted molar refractivity (Wildman–Crippen MR) is 69.7 cm³/mol. The van der Waals surface area contributed by atoms with E-state index in [1.165, 1.54) is 45.2 Å². The average Bonchev–Trinajstić information content (AvgIpc) is 2.16. The van der Waals surface area contributed by atoms with Crippen LogP contribution in [0.5, 0.6) is 0 Å². The molecule has 1 heterocycles. The van der Waals surface area contributed by atoms with Crippen LogP contribution in [0.2, 0.25) is 0 Å². The van der Waals surface area contributed by atoms with E-state index in [1.54, 1.807) is 0 Å². The van der Waals surface area contributed by atoms with Gasteiger partial charge in [-0.05, 0) is 25.3 Å². The molecule has 1 saturated heterocycles. The highest BCUT2D eigenvalue weighted by Gasteiger charge is 2.41.